The summed E-state index contributed by atoms with van der Waals surface area (Å²) in [6.07, 6.45) is 22.1. The number of aryl methyl sites for hydroxylation is 3. The van der Waals surface area contributed by atoms with Gasteiger partial charge in [-0.15, -0.1) is 0 Å². The van der Waals surface area contributed by atoms with Crippen LogP contribution in [0.25, 0.3) is 154 Å². The summed E-state index contributed by atoms with van der Waals surface area (Å²) in [5.74, 6) is 3.59. The number of allylic oxidation sites excluding steroid dienone is 14. The molecule has 0 N–H and O–H groups in total. The van der Waals surface area contributed by atoms with E-state index in [1.54, 1.807) is 0 Å². The summed E-state index contributed by atoms with van der Waals surface area (Å²) < 4.78 is 7.12. The van der Waals surface area contributed by atoms with Gasteiger partial charge in [-0.25, -0.2) is 15.0 Å². The second-order valence-electron chi connectivity index (χ2n) is 33.5. The first-order chi connectivity index (χ1) is 61.4. The molecule has 3 aliphatic heterocycles. The van der Waals surface area contributed by atoms with E-state index in [2.05, 4.69) is 419 Å². The van der Waals surface area contributed by atoms with E-state index in [0.29, 0.717) is 5.92 Å². The Hall–Kier alpha value is -15.7. The molecule has 9 nitrogen and oxygen atoms in total. The SMILES string of the molecule is CCc1nc2cccc3c2n1-c1ccc(-c2ccc4c5c(cccc25)-c2ccccc2-4)cc1N3c1ccccc1.CCc1nc2cccc3c2n1-c1ccc(-c2ccc4c5cccc6cccc(c7cccc2c74)c65)cc1N3c1ccccc1.CCc1nc2cccc3c2n1-c1ccc(C2=C4C=CC=C5C=CC6=C(C(=C2)CC=C6)C54)cc1N3c1ccccc1. The summed E-state index contributed by atoms with van der Waals surface area (Å²) in [4.78, 5) is 22.4. The molecule has 0 saturated heterocycles. The number of para-hydroxylation sites is 6. The number of hydrogen-bond acceptors (Lipinski definition) is 6. The van der Waals surface area contributed by atoms with E-state index in [1.807, 2.05) is 0 Å². The molecule has 0 amide bonds. The van der Waals surface area contributed by atoms with Gasteiger partial charge in [-0.3, -0.25) is 13.7 Å². The molecule has 6 heterocycles. The molecule has 0 saturated carbocycles. The van der Waals surface area contributed by atoms with Crippen LogP contribution in [0.2, 0.25) is 0 Å². The van der Waals surface area contributed by atoms with Gasteiger partial charge in [0.15, 0.2) is 0 Å². The molecule has 17 aromatic carbocycles. The van der Waals surface area contributed by atoms with Crippen molar-refractivity contribution in [3.8, 4) is 61.6 Å². The number of imidazole rings is 3. The maximum atomic E-state index is 5.06. The molecule has 28 rings (SSSR count). The van der Waals surface area contributed by atoms with Crippen LogP contribution in [-0.4, -0.2) is 28.7 Å². The Morgan fingerprint density at radius 1 is 0.315 bits per heavy atom. The molecular formula is C115H79N9. The fourth-order valence-corrected chi connectivity index (χ4v) is 22.0. The second-order valence-corrected chi connectivity index (χ2v) is 33.5. The normalized spacial score (nSPS) is 14.9. The third kappa shape index (κ3) is 10.1. The van der Waals surface area contributed by atoms with E-state index >= 15 is 0 Å². The van der Waals surface area contributed by atoms with E-state index in [-0.39, 0.29) is 0 Å². The topological polar surface area (TPSA) is 63.2 Å². The van der Waals surface area contributed by atoms with Crippen molar-refractivity contribution in [3.05, 3.63) is 421 Å². The Bertz CT molecular complexity index is 8200. The molecule has 0 radical (unpaired) electrons. The van der Waals surface area contributed by atoms with Gasteiger partial charge in [-0.1, -0.05) is 282 Å². The van der Waals surface area contributed by atoms with Crippen LogP contribution in [0, 0.1) is 5.92 Å². The average Bonchev–Trinajstić information content (AvgIpc) is 1.41. The summed E-state index contributed by atoms with van der Waals surface area (Å²) in [6, 6.07) is 118. The van der Waals surface area contributed by atoms with Crippen LogP contribution < -0.4 is 14.7 Å². The highest BCUT2D eigenvalue weighted by atomic mass is 15.3. The molecule has 9 heteroatoms. The monoisotopic (exact) mass is 1590 g/mol. The molecule has 0 spiro atoms. The molecule has 0 fully saturated rings. The molecule has 0 bridgehead atoms. The van der Waals surface area contributed by atoms with Crippen molar-refractivity contribution in [1.82, 2.24) is 28.7 Å². The van der Waals surface area contributed by atoms with Gasteiger partial charge in [0.05, 0.1) is 84.3 Å². The standard InChI is InChI=1S/C41H27N3.C37H27N3.C37H25N3/c1-2-38-42-34-18-9-19-36-41(34)44(38)35-23-20-26(24-37(35)43(36)27-12-4-3-5-13-27)28-21-22-33-31-15-7-11-25-10-6-14-30(39(25)31)32-17-8-16-29(28)40(32)33;1-2-34-38-30-15-8-16-32-37(30)40(34)31-20-19-25(22-33(31)39(32)27-12-4-3-5-13-27)29-21-26-11-6-9-23-17-18-24-10-7-14-28(29)36(24)35(23)26;1-2-35-38-31-16-9-17-33-37(31)40(35)32-21-18-23(22-34(32)39(33)24-10-4-3-5-11-24)25-19-20-30-27-13-7-6-12-26(27)29-15-8-14-28(25)36(29)30/h3-24H,2H2,1H3;3-10,12-22,36H,2,11H2,1H3;3-22H,2H2,1H3. The first kappa shape index (κ1) is 70.2. The zero-order valence-electron chi connectivity index (χ0n) is 68.6. The van der Waals surface area contributed by atoms with Crippen molar-refractivity contribution >= 4 is 144 Å². The number of rotatable bonds is 9. The van der Waals surface area contributed by atoms with Gasteiger partial charge in [-0.2, -0.15) is 0 Å². The average molecular weight is 1590 g/mol. The Labute approximate surface area is 717 Å². The van der Waals surface area contributed by atoms with Crippen molar-refractivity contribution in [2.45, 2.75) is 46.5 Å². The van der Waals surface area contributed by atoms with Crippen molar-refractivity contribution in [3.63, 3.8) is 0 Å². The van der Waals surface area contributed by atoms with Gasteiger partial charge in [-0.05, 0) is 253 Å². The minimum Gasteiger partial charge on any atom is -0.306 e. The van der Waals surface area contributed by atoms with E-state index in [1.165, 1.54) is 188 Å². The van der Waals surface area contributed by atoms with Gasteiger partial charge >= 0.3 is 0 Å². The lowest BCUT2D eigenvalue weighted by molar-refractivity contribution is 0.836. The van der Waals surface area contributed by atoms with Gasteiger partial charge in [0.25, 0.3) is 0 Å². The minimum absolute atomic E-state index is 0.312. The lowest BCUT2D eigenvalue weighted by Gasteiger charge is -2.37. The Balaban J connectivity index is 0.0000000996. The highest BCUT2D eigenvalue weighted by Crippen LogP contribution is 2.57. The largest absolute Gasteiger partial charge is 0.306 e. The van der Waals surface area contributed by atoms with Crippen molar-refractivity contribution in [1.29, 1.82) is 0 Å². The maximum absolute atomic E-state index is 5.06. The Morgan fingerprint density at radius 2 is 0.734 bits per heavy atom. The van der Waals surface area contributed by atoms with Gasteiger partial charge in [0, 0.05) is 42.2 Å². The quantitative estimate of drug-likeness (QED) is 0.106. The molecular weight excluding hydrogens is 1510 g/mol. The van der Waals surface area contributed by atoms with Crippen LogP contribution in [0.4, 0.5) is 51.2 Å². The molecule has 20 aromatic rings. The summed E-state index contributed by atoms with van der Waals surface area (Å²) in [5.41, 5.74) is 40.5. The highest BCUT2D eigenvalue weighted by Gasteiger charge is 2.38. The fourth-order valence-electron chi connectivity index (χ4n) is 22.0. The highest BCUT2D eigenvalue weighted by molar-refractivity contribution is 6.34. The Kier molecular flexibility index (Phi) is 15.4. The van der Waals surface area contributed by atoms with Crippen LogP contribution in [0.1, 0.15) is 50.2 Å². The van der Waals surface area contributed by atoms with Crippen LogP contribution in [0.15, 0.2) is 398 Å². The predicted molar refractivity (Wildman–Crippen MR) is 516 cm³/mol. The molecule has 1 unspecified atom stereocenters. The zero-order valence-corrected chi connectivity index (χ0v) is 68.6. The number of fused-ring (bicyclic) bond motifs is 11. The number of aromatic nitrogens is 6. The molecule has 3 aromatic heterocycles. The van der Waals surface area contributed by atoms with E-state index in [4.69, 9.17) is 15.0 Å². The smallest absolute Gasteiger partial charge is 0.114 e. The lowest BCUT2D eigenvalue weighted by Crippen LogP contribution is -2.22. The van der Waals surface area contributed by atoms with Gasteiger partial charge in [0.2, 0.25) is 0 Å². The summed E-state index contributed by atoms with van der Waals surface area (Å²) >= 11 is 0. The lowest BCUT2D eigenvalue weighted by atomic mass is 9.66. The molecule has 5 aliphatic carbocycles. The first-order valence-electron chi connectivity index (χ1n) is 43.6. The second kappa shape index (κ2) is 27.2. The van der Waals surface area contributed by atoms with Crippen LogP contribution in [0.5, 0.6) is 0 Å². The van der Waals surface area contributed by atoms with Crippen LogP contribution >= 0.6 is 0 Å². The Morgan fingerprint density at radius 3 is 1.26 bits per heavy atom. The van der Waals surface area contributed by atoms with E-state index in [0.717, 1.165) is 93.8 Å². The number of hydrogen-bond donors (Lipinski definition) is 0. The van der Waals surface area contributed by atoms with E-state index in [9.17, 15) is 0 Å². The van der Waals surface area contributed by atoms with Crippen molar-refractivity contribution < 1.29 is 0 Å². The van der Waals surface area contributed by atoms with Crippen LogP contribution in [0.3, 0.4) is 0 Å². The first-order valence-corrected chi connectivity index (χ1v) is 43.6. The molecule has 8 aliphatic rings. The zero-order chi connectivity index (χ0) is 81.7. The molecule has 584 valence electrons. The summed E-state index contributed by atoms with van der Waals surface area (Å²) in [6.45, 7) is 6.57. The van der Waals surface area contributed by atoms with Gasteiger partial charge < -0.3 is 14.7 Å². The summed E-state index contributed by atoms with van der Waals surface area (Å²) in [7, 11) is 0. The predicted octanol–water partition coefficient (Wildman–Crippen LogP) is 29.9. The molecule has 1 atom stereocenters. The maximum Gasteiger partial charge on any atom is 0.114 e. The minimum atomic E-state index is 0.312. The third-order valence-electron chi connectivity index (χ3n) is 27.1. The van der Waals surface area contributed by atoms with Crippen LogP contribution in [-0.2, 0) is 19.3 Å². The summed E-state index contributed by atoms with van der Waals surface area (Å²) in [5, 5.41) is 13.2. The molecule has 124 heavy (non-hydrogen) atoms. The number of benzene rings is 17. The van der Waals surface area contributed by atoms with Crippen molar-refractivity contribution in [2.24, 2.45) is 5.92 Å². The number of anilines is 9. The van der Waals surface area contributed by atoms with Crippen molar-refractivity contribution in [2.75, 3.05) is 14.7 Å². The van der Waals surface area contributed by atoms with Gasteiger partial charge in [0.1, 0.15) is 17.5 Å². The third-order valence-corrected chi connectivity index (χ3v) is 27.1. The number of nitrogens with zero attached hydrogens (tertiary/aromatic N) is 9. The van der Waals surface area contributed by atoms with E-state index < -0.39 is 0 Å². The fraction of sp³-hybridized carbons (Fsp3) is 0.0696.